The van der Waals surface area contributed by atoms with Crippen molar-refractivity contribution in [3.05, 3.63) is 16.0 Å². The number of anilines is 1. The molecule has 10 heteroatoms. The Bertz CT molecular complexity index is 792. The standard InChI is InChI=1S/C19H28N4O5S/c1-4-28-19(27)15-11(2)16(17(26)21-3)29-18(15)22-14(25)10-23-8-6-5-7-12(23)9-13(20)24/h12H,4-10H2,1-3H3,(H2,20,24)(H,21,26)(H,22,25). The number of esters is 1. The van der Waals surface area contributed by atoms with Gasteiger partial charge in [-0.3, -0.25) is 19.3 Å². The van der Waals surface area contributed by atoms with E-state index >= 15 is 0 Å². The first-order chi connectivity index (χ1) is 13.8. The van der Waals surface area contributed by atoms with Crippen LogP contribution in [-0.4, -0.2) is 61.4 Å². The van der Waals surface area contributed by atoms with Crippen LogP contribution in [-0.2, 0) is 14.3 Å². The number of ether oxygens (including phenoxy) is 1. The molecule has 1 aromatic heterocycles. The van der Waals surface area contributed by atoms with E-state index in [9.17, 15) is 19.2 Å². The van der Waals surface area contributed by atoms with E-state index < -0.39 is 11.9 Å². The molecule has 1 aliphatic rings. The molecule has 1 unspecified atom stereocenters. The van der Waals surface area contributed by atoms with E-state index in [2.05, 4.69) is 10.6 Å². The van der Waals surface area contributed by atoms with Gasteiger partial charge in [-0.2, -0.15) is 0 Å². The molecule has 1 saturated heterocycles. The number of nitrogens with one attached hydrogen (secondary N) is 2. The summed E-state index contributed by atoms with van der Waals surface area (Å²) in [6, 6.07) is -0.0666. The van der Waals surface area contributed by atoms with E-state index in [4.69, 9.17) is 10.5 Å². The van der Waals surface area contributed by atoms with Crippen LogP contribution in [0.25, 0.3) is 0 Å². The third-order valence-corrected chi connectivity index (χ3v) is 6.05. The number of carbonyl (C=O) groups excluding carboxylic acids is 4. The summed E-state index contributed by atoms with van der Waals surface area (Å²) in [6.07, 6.45) is 2.95. The third kappa shape index (κ3) is 5.77. The van der Waals surface area contributed by atoms with Crippen LogP contribution in [0.2, 0.25) is 0 Å². The Labute approximate surface area is 173 Å². The van der Waals surface area contributed by atoms with E-state index in [0.29, 0.717) is 17.0 Å². The molecule has 0 aromatic carbocycles. The van der Waals surface area contributed by atoms with Crippen molar-refractivity contribution in [2.45, 2.75) is 45.6 Å². The van der Waals surface area contributed by atoms with Crippen molar-refractivity contribution in [1.29, 1.82) is 0 Å². The molecule has 0 radical (unpaired) electrons. The van der Waals surface area contributed by atoms with E-state index in [0.717, 1.165) is 30.6 Å². The molecular formula is C19H28N4O5S. The van der Waals surface area contributed by atoms with Gasteiger partial charge in [0.15, 0.2) is 0 Å². The maximum absolute atomic E-state index is 12.7. The highest BCUT2D eigenvalue weighted by Crippen LogP contribution is 2.34. The van der Waals surface area contributed by atoms with Crippen LogP contribution >= 0.6 is 11.3 Å². The molecule has 0 saturated carbocycles. The summed E-state index contributed by atoms with van der Waals surface area (Å²) in [7, 11) is 1.50. The highest BCUT2D eigenvalue weighted by Gasteiger charge is 2.29. The monoisotopic (exact) mass is 424 g/mol. The molecule has 0 bridgehead atoms. The number of primary amides is 1. The van der Waals surface area contributed by atoms with E-state index in [1.807, 2.05) is 4.90 Å². The van der Waals surface area contributed by atoms with Gasteiger partial charge in [-0.05, 0) is 38.8 Å². The Morgan fingerprint density at radius 1 is 1.28 bits per heavy atom. The first-order valence-electron chi connectivity index (χ1n) is 9.63. The number of hydrogen-bond acceptors (Lipinski definition) is 7. The van der Waals surface area contributed by atoms with Gasteiger partial charge in [0.25, 0.3) is 5.91 Å². The molecule has 4 N–H and O–H groups in total. The molecule has 29 heavy (non-hydrogen) atoms. The van der Waals surface area contributed by atoms with E-state index in [1.54, 1.807) is 13.8 Å². The Morgan fingerprint density at radius 3 is 2.62 bits per heavy atom. The predicted molar refractivity (Wildman–Crippen MR) is 110 cm³/mol. The van der Waals surface area contributed by atoms with Crippen LogP contribution in [0.3, 0.4) is 0 Å². The lowest BCUT2D eigenvalue weighted by Gasteiger charge is -2.34. The van der Waals surface area contributed by atoms with Gasteiger partial charge in [-0.15, -0.1) is 11.3 Å². The van der Waals surface area contributed by atoms with Gasteiger partial charge in [0.05, 0.1) is 23.6 Å². The van der Waals surface area contributed by atoms with Gasteiger partial charge < -0.3 is 21.1 Å². The molecule has 3 amide bonds. The van der Waals surface area contributed by atoms with Crippen LogP contribution in [0.5, 0.6) is 0 Å². The maximum atomic E-state index is 12.7. The second-order valence-corrected chi connectivity index (χ2v) is 7.92. The summed E-state index contributed by atoms with van der Waals surface area (Å²) in [5.41, 5.74) is 5.98. The lowest BCUT2D eigenvalue weighted by atomic mass is 9.99. The van der Waals surface area contributed by atoms with Gasteiger partial charge in [0.1, 0.15) is 5.00 Å². The quantitative estimate of drug-likeness (QED) is 0.539. The minimum atomic E-state index is -0.587. The summed E-state index contributed by atoms with van der Waals surface area (Å²) in [5.74, 6) is -1.64. The molecule has 160 valence electrons. The maximum Gasteiger partial charge on any atom is 0.341 e. The highest BCUT2D eigenvalue weighted by molar-refractivity contribution is 7.18. The van der Waals surface area contributed by atoms with Gasteiger partial charge in [0, 0.05) is 19.5 Å². The van der Waals surface area contributed by atoms with Gasteiger partial charge in [0.2, 0.25) is 11.8 Å². The van der Waals surface area contributed by atoms with Crippen molar-refractivity contribution in [3.63, 3.8) is 0 Å². The minimum Gasteiger partial charge on any atom is -0.462 e. The Balaban J connectivity index is 2.20. The zero-order valence-electron chi connectivity index (χ0n) is 17.0. The Hall–Kier alpha value is -2.46. The van der Waals surface area contributed by atoms with Crippen LogP contribution in [0.4, 0.5) is 5.00 Å². The van der Waals surface area contributed by atoms with E-state index in [1.165, 1.54) is 7.05 Å². The number of carbonyl (C=O) groups is 4. The summed E-state index contributed by atoms with van der Waals surface area (Å²) in [5, 5.41) is 5.57. The smallest absolute Gasteiger partial charge is 0.341 e. The summed E-state index contributed by atoms with van der Waals surface area (Å²) < 4.78 is 5.09. The van der Waals surface area contributed by atoms with Crippen LogP contribution in [0.15, 0.2) is 0 Å². The average molecular weight is 425 g/mol. The fourth-order valence-corrected chi connectivity index (χ4v) is 4.62. The number of piperidine rings is 1. The molecule has 1 aliphatic heterocycles. The minimum absolute atomic E-state index is 0.0666. The molecule has 1 aromatic rings. The zero-order valence-corrected chi connectivity index (χ0v) is 17.8. The highest BCUT2D eigenvalue weighted by atomic mass is 32.1. The molecule has 1 atom stereocenters. The fraction of sp³-hybridized carbons (Fsp3) is 0.579. The molecule has 1 fully saturated rings. The lowest BCUT2D eigenvalue weighted by Crippen LogP contribution is -2.45. The topological polar surface area (TPSA) is 131 Å². The van der Waals surface area contributed by atoms with Crippen molar-refractivity contribution >= 4 is 40.0 Å². The molecule has 2 rings (SSSR count). The average Bonchev–Trinajstić information content (AvgIpc) is 2.98. The van der Waals surface area contributed by atoms with Gasteiger partial charge >= 0.3 is 5.97 Å². The third-order valence-electron chi connectivity index (χ3n) is 4.85. The van der Waals surface area contributed by atoms with E-state index in [-0.39, 0.29) is 48.0 Å². The molecule has 0 aliphatic carbocycles. The van der Waals surface area contributed by atoms with Crippen molar-refractivity contribution in [2.24, 2.45) is 5.73 Å². The molecule has 0 spiro atoms. The van der Waals surface area contributed by atoms with Crippen molar-refractivity contribution in [3.8, 4) is 0 Å². The zero-order chi connectivity index (χ0) is 21.6. The summed E-state index contributed by atoms with van der Waals surface area (Å²) in [6.45, 7) is 4.29. The van der Waals surface area contributed by atoms with Crippen molar-refractivity contribution < 1.29 is 23.9 Å². The number of likely N-dealkylation sites (tertiary alicyclic amines) is 1. The van der Waals surface area contributed by atoms with Crippen LogP contribution < -0.4 is 16.4 Å². The summed E-state index contributed by atoms with van der Waals surface area (Å²) in [4.78, 5) is 50.8. The van der Waals surface area contributed by atoms with Crippen molar-refractivity contribution in [2.75, 3.05) is 32.1 Å². The first-order valence-corrected chi connectivity index (χ1v) is 10.4. The largest absolute Gasteiger partial charge is 0.462 e. The normalized spacial score (nSPS) is 16.9. The number of thiophene rings is 1. The van der Waals surface area contributed by atoms with Crippen LogP contribution in [0.1, 0.15) is 58.2 Å². The number of hydrogen-bond donors (Lipinski definition) is 3. The SMILES string of the molecule is CCOC(=O)c1c(NC(=O)CN2CCCCC2CC(N)=O)sc(C(=O)NC)c1C. The summed E-state index contributed by atoms with van der Waals surface area (Å²) >= 11 is 1.04. The Morgan fingerprint density at radius 2 is 2.00 bits per heavy atom. The fourth-order valence-electron chi connectivity index (χ4n) is 3.46. The second-order valence-electron chi connectivity index (χ2n) is 6.90. The molecular weight excluding hydrogens is 396 g/mol. The van der Waals surface area contributed by atoms with Crippen molar-refractivity contribution in [1.82, 2.24) is 10.2 Å². The number of amides is 3. The molecule has 2 heterocycles. The number of nitrogens with zero attached hydrogens (tertiary/aromatic N) is 1. The predicted octanol–water partition coefficient (Wildman–Crippen LogP) is 1.26. The second kappa shape index (κ2) is 10.4. The Kier molecular flexibility index (Phi) is 8.15. The lowest BCUT2D eigenvalue weighted by molar-refractivity contribution is -0.122. The molecule has 9 nitrogen and oxygen atoms in total. The number of rotatable bonds is 8. The van der Waals surface area contributed by atoms with Gasteiger partial charge in [-0.25, -0.2) is 4.79 Å². The first kappa shape index (κ1) is 22.8. The number of nitrogens with two attached hydrogens (primary N) is 1. The van der Waals surface area contributed by atoms with Crippen LogP contribution in [0, 0.1) is 6.92 Å². The van der Waals surface area contributed by atoms with Gasteiger partial charge in [-0.1, -0.05) is 6.42 Å².